The summed E-state index contributed by atoms with van der Waals surface area (Å²) >= 11 is 0. The van der Waals surface area contributed by atoms with Crippen molar-refractivity contribution in [1.82, 2.24) is 0 Å². The molecule has 0 N–H and O–H groups in total. The first-order chi connectivity index (χ1) is 0. The summed E-state index contributed by atoms with van der Waals surface area (Å²) in [7, 11) is 0. The van der Waals surface area contributed by atoms with Gasteiger partial charge < -0.3 is 0 Å². The van der Waals surface area contributed by atoms with Gasteiger partial charge in [0.2, 0.25) is 0 Å². The summed E-state index contributed by atoms with van der Waals surface area (Å²) in [6.45, 7) is 0. The fourth-order valence-corrected chi connectivity index (χ4v) is 0. The second-order valence-electron chi connectivity index (χ2n) is 0. The summed E-state index contributed by atoms with van der Waals surface area (Å²) in [5.74, 6) is 0. The van der Waals surface area contributed by atoms with Gasteiger partial charge in [-0.25, -0.2) is 0 Å². The Morgan fingerprint density at radius 2 is 1.00 bits per heavy atom. The molecule has 0 aromatic rings. The van der Waals surface area contributed by atoms with Crippen LogP contribution in [0.4, 0.5) is 0 Å². The summed E-state index contributed by atoms with van der Waals surface area (Å²) in [5, 5.41) is 0. The van der Waals surface area contributed by atoms with Gasteiger partial charge in [0, 0.05) is 121 Å². The molecule has 0 nitrogen and oxygen atoms in total. The molecule has 9 radical (unpaired) electrons. The molecule has 0 aromatic carbocycles. The van der Waals surface area contributed by atoms with Crippen molar-refractivity contribution < 1.29 is 93.1 Å². The van der Waals surface area contributed by atoms with Gasteiger partial charge in [0.05, 0.1) is 0 Å². The molecule has 0 bridgehead atoms. The van der Waals surface area contributed by atoms with Crippen LogP contribution in [0.5, 0.6) is 0 Å². The summed E-state index contributed by atoms with van der Waals surface area (Å²) in [4.78, 5) is 0. The van der Waals surface area contributed by atoms with Crippen molar-refractivity contribution in [3.05, 3.63) is 0 Å². The molecule has 7 heteroatoms. The fourth-order valence-electron chi connectivity index (χ4n) is 0. The van der Waals surface area contributed by atoms with E-state index in [2.05, 4.69) is 0 Å². The van der Waals surface area contributed by atoms with Gasteiger partial charge >= 0.3 is 0 Å². The molecule has 0 saturated heterocycles. The van der Waals surface area contributed by atoms with Gasteiger partial charge in [-0.05, 0) is 0 Å². The van der Waals surface area contributed by atoms with E-state index in [-0.39, 0.29) is 121 Å². The van der Waals surface area contributed by atoms with Gasteiger partial charge in [-0.1, -0.05) is 0 Å². The zero-order valence-electron chi connectivity index (χ0n) is 2.94. The van der Waals surface area contributed by atoms with Crippen molar-refractivity contribution in [1.29, 1.82) is 0 Å². The minimum atomic E-state index is 0. The van der Waals surface area contributed by atoms with Crippen LogP contribution in [0.25, 0.3) is 0 Å². The minimum absolute atomic E-state index is 0. The Kier molecular flexibility index (Phi) is 571. The molecule has 0 aliphatic carbocycles. The van der Waals surface area contributed by atoms with E-state index in [1.165, 1.54) is 0 Å². The first kappa shape index (κ1) is 74.1. The summed E-state index contributed by atoms with van der Waals surface area (Å²) < 4.78 is 0. The van der Waals surface area contributed by atoms with Crippen LogP contribution in [-0.4, -0.2) is 28.3 Å². The molecule has 0 saturated carbocycles. The first-order valence-corrected chi connectivity index (χ1v) is 0. The number of hydrogen-bond acceptors (Lipinski definition) is 0. The van der Waals surface area contributed by atoms with Crippen molar-refractivity contribution in [2.45, 2.75) is 0 Å². The van der Waals surface area contributed by atoms with E-state index in [0.29, 0.717) is 0 Å². The Bertz CT molecular complexity index is 19.7. The minimum Gasteiger partial charge on any atom is 0 e. The van der Waals surface area contributed by atoms with Crippen LogP contribution >= 0.6 is 0 Å². The van der Waals surface area contributed by atoms with Crippen LogP contribution < -0.4 is 0 Å². The van der Waals surface area contributed by atoms with Gasteiger partial charge in [0.15, 0.2) is 0 Å². The molecule has 0 aromatic heterocycles. The Labute approximate surface area is 119 Å². The maximum atomic E-state index is 0. The van der Waals surface area contributed by atoms with Crippen molar-refractivity contribution in [2.75, 3.05) is 0 Å². The van der Waals surface area contributed by atoms with Crippen molar-refractivity contribution in [3.8, 4) is 0 Å². The zero-order chi connectivity index (χ0) is 0. The van der Waals surface area contributed by atoms with Crippen LogP contribution in [0.3, 0.4) is 0 Å². The van der Waals surface area contributed by atoms with Crippen LogP contribution in [0.1, 0.15) is 0 Å². The largest absolute Gasteiger partial charge is 0 e. The van der Waals surface area contributed by atoms with E-state index in [9.17, 15) is 0 Å². The van der Waals surface area contributed by atoms with Crippen LogP contribution in [-0.2, 0) is 93.1 Å². The molecular weight excluding hydrogens is 468 g/mol. The molecule has 0 unspecified atom stereocenters. The molecule has 0 heterocycles. The number of rotatable bonds is 0. The quantitative estimate of drug-likeness (QED) is 0.410. The Balaban J connectivity index is 0. The predicted molar refractivity (Wildman–Crippen MR) is 11.5 cm³/mol. The number of hydrogen-bond donors (Lipinski definition) is 0. The molecule has 0 fully saturated rings. The van der Waals surface area contributed by atoms with Crippen LogP contribution in [0.2, 0.25) is 0 Å². The average molecular weight is 468 g/mol. The summed E-state index contributed by atoms with van der Waals surface area (Å²) in [5.41, 5.74) is 0. The average Bonchev–Trinajstić information content (AvgIpc) is 0. The van der Waals surface area contributed by atoms with E-state index >= 15 is 0 Å². The molecule has 0 rings (SSSR count). The van der Waals surface area contributed by atoms with E-state index in [0.717, 1.165) is 0 Å². The fraction of sp³-hybridized carbons (Fsp3) is 0. The van der Waals surface area contributed by atoms with Crippen LogP contribution in [0.15, 0.2) is 0 Å². The first-order valence-electron chi connectivity index (χ1n) is 0. The monoisotopic (exact) mass is 467 g/mol. The molecule has 0 aliphatic rings. The zero-order valence-corrected chi connectivity index (χ0v) is 12.6. The topological polar surface area (TPSA) is 0 Å². The van der Waals surface area contributed by atoms with E-state index < -0.39 is 0 Å². The molecule has 47 valence electrons. The van der Waals surface area contributed by atoms with Crippen molar-refractivity contribution in [3.63, 3.8) is 0 Å². The molecule has 7 heavy (non-hydrogen) atoms. The van der Waals surface area contributed by atoms with E-state index in [1.54, 1.807) is 0 Å². The Morgan fingerprint density at radius 1 is 1.00 bits per heavy atom. The van der Waals surface area contributed by atoms with Gasteiger partial charge in [0.25, 0.3) is 0 Å². The summed E-state index contributed by atoms with van der Waals surface area (Å²) in [6.07, 6.45) is 0. The SMILES string of the molecule is [Al].[Co].[Cu].[Ni].[Si].[Ti].[W]. The van der Waals surface area contributed by atoms with Crippen LogP contribution in [0, 0.1) is 0 Å². The maximum absolute atomic E-state index is 0. The molecule has 0 aliphatic heterocycles. The van der Waals surface area contributed by atoms with E-state index in [4.69, 9.17) is 0 Å². The normalized spacial score (nSPS) is 0. The van der Waals surface area contributed by atoms with Crippen molar-refractivity contribution >= 4 is 28.3 Å². The molecule has 0 spiro atoms. The smallest absolute Gasteiger partial charge is 0 e. The standard InChI is InChI=1S/Al.Co.Cu.Ni.Si.Ti.W. The van der Waals surface area contributed by atoms with Gasteiger partial charge in [-0.3, -0.25) is 0 Å². The molecule has 0 atom stereocenters. The Hall–Kier alpha value is 3.67. The van der Waals surface area contributed by atoms with Gasteiger partial charge in [-0.2, -0.15) is 0 Å². The van der Waals surface area contributed by atoms with E-state index in [1.807, 2.05) is 0 Å². The second-order valence-corrected chi connectivity index (χ2v) is 0. The van der Waals surface area contributed by atoms with Gasteiger partial charge in [0.1, 0.15) is 0 Å². The third kappa shape index (κ3) is 42.2. The second kappa shape index (κ2) is 54.0. The molecule has 0 amide bonds. The predicted octanol–water partition coefficient (Wildman–Crippen LogP) is -0.774. The van der Waals surface area contributed by atoms with Crippen molar-refractivity contribution in [2.24, 2.45) is 0 Å². The third-order valence-corrected chi connectivity index (χ3v) is 0. The maximum Gasteiger partial charge on any atom is 0 e. The summed E-state index contributed by atoms with van der Waals surface area (Å²) in [6, 6.07) is 0. The third-order valence-electron chi connectivity index (χ3n) is 0. The Morgan fingerprint density at radius 3 is 1.00 bits per heavy atom. The molecular formula is AlCoCuNiSiTiW. The van der Waals surface area contributed by atoms with Gasteiger partial charge in [-0.15, -0.1) is 0 Å².